The van der Waals surface area contributed by atoms with E-state index >= 15 is 0 Å². The minimum atomic E-state index is -0.660. The molecular formula is C47H89NO5. The Bertz CT molecular complexity index is 840. The highest BCUT2D eigenvalue weighted by Gasteiger charge is 2.32. The van der Waals surface area contributed by atoms with Crippen LogP contribution in [0.15, 0.2) is 24.3 Å². The van der Waals surface area contributed by atoms with Crippen LogP contribution in [0, 0.1) is 11.8 Å². The van der Waals surface area contributed by atoms with Gasteiger partial charge in [-0.3, -0.25) is 4.79 Å². The summed E-state index contributed by atoms with van der Waals surface area (Å²) in [6.07, 6.45) is 42.2. The molecule has 0 fully saturated rings. The lowest BCUT2D eigenvalue weighted by Gasteiger charge is -2.26. The molecule has 0 radical (unpaired) electrons. The first-order chi connectivity index (χ1) is 25.9. The van der Waals surface area contributed by atoms with Gasteiger partial charge in [-0.1, -0.05) is 173 Å². The maximum absolute atomic E-state index is 13.4. The molecule has 6 nitrogen and oxygen atoms in total. The van der Waals surface area contributed by atoms with Gasteiger partial charge in [0, 0.05) is 6.54 Å². The molecular weight excluding hydrogens is 659 g/mol. The highest BCUT2D eigenvalue weighted by Crippen LogP contribution is 2.28. The van der Waals surface area contributed by atoms with Crippen LogP contribution in [-0.2, 0) is 19.0 Å². The van der Waals surface area contributed by atoms with E-state index in [1.807, 2.05) is 21.0 Å². The quantitative estimate of drug-likeness (QED) is 0.0354. The zero-order valence-electron chi connectivity index (χ0n) is 36.2. The predicted octanol–water partition coefficient (Wildman–Crippen LogP) is 14.4. The number of carbonyl (C=O) groups is 2. The SMILES string of the molecule is CCCCC/C=C\C/C=C\CCCCCC(OC(=O)OCCCN(C)C)C(CCCCC(CCCCCCCC)CCCCCCCC)C(=O)OCC. The van der Waals surface area contributed by atoms with Gasteiger partial charge in [0.2, 0.25) is 0 Å². The standard InChI is InChI=1S/C47H89NO5/c1-7-11-14-17-20-21-22-23-24-25-26-29-32-40-45(53-47(50)52-42-35-41-48(5)6)44(46(49)51-10-4)39-34-33-38-43(36-30-27-18-15-12-8-2)37-31-28-19-16-13-9-3/h20-21,23-24,43-45H,7-19,22,25-42H2,1-6H3/b21-20-,24-23-. The first-order valence-electron chi connectivity index (χ1n) is 22.8. The Morgan fingerprint density at radius 1 is 0.528 bits per heavy atom. The predicted molar refractivity (Wildman–Crippen MR) is 228 cm³/mol. The smallest absolute Gasteiger partial charge is 0.466 e. The van der Waals surface area contributed by atoms with E-state index in [1.165, 1.54) is 122 Å². The van der Waals surface area contributed by atoms with Crippen LogP contribution in [0.25, 0.3) is 0 Å². The minimum absolute atomic E-state index is 0.237. The van der Waals surface area contributed by atoms with Gasteiger partial charge < -0.3 is 19.1 Å². The second-order valence-electron chi connectivity index (χ2n) is 15.8. The van der Waals surface area contributed by atoms with Crippen molar-refractivity contribution in [1.82, 2.24) is 4.90 Å². The summed E-state index contributed by atoms with van der Waals surface area (Å²) in [7, 11) is 4.01. The summed E-state index contributed by atoms with van der Waals surface area (Å²) in [6.45, 7) is 10.1. The van der Waals surface area contributed by atoms with Crippen molar-refractivity contribution in [3.8, 4) is 0 Å². The summed E-state index contributed by atoms with van der Waals surface area (Å²) < 4.78 is 17.0. The van der Waals surface area contributed by atoms with Gasteiger partial charge in [-0.15, -0.1) is 0 Å². The largest absolute Gasteiger partial charge is 0.508 e. The van der Waals surface area contributed by atoms with Gasteiger partial charge in [0.1, 0.15) is 6.10 Å². The van der Waals surface area contributed by atoms with Gasteiger partial charge in [-0.25, -0.2) is 4.79 Å². The number of hydrogen-bond acceptors (Lipinski definition) is 6. The van der Waals surface area contributed by atoms with Gasteiger partial charge in [-0.2, -0.15) is 0 Å². The van der Waals surface area contributed by atoms with Crippen LogP contribution in [0.3, 0.4) is 0 Å². The van der Waals surface area contributed by atoms with E-state index in [0.717, 1.165) is 63.8 Å². The molecule has 53 heavy (non-hydrogen) atoms. The van der Waals surface area contributed by atoms with Crippen molar-refractivity contribution in [2.24, 2.45) is 11.8 Å². The molecule has 0 aliphatic carbocycles. The summed E-state index contributed by atoms with van der Waals surface area (Å²) in [5.74, 6) is 0.0802. The molecule has 0 aromatic heterocycles. The van der Waals surface area contributed by atoms with Gasteiger partial charge in [-0.05, 0) is 84.7 Å². The van der Waals surface area contributed by atoms with E-state index in [-0.39, 0.29) is 5.97 Å². The molecule has 0 aromatic carbocycles. The molecule has 0 amide bonds. The number of ether oxygens (including phenoxy) is 3. The second-order valence-corrected chi connectivity index (χ2v) is 15.8. The van der Waals surface area contributed by atoms with Crippen molar-refractivity contribution in [2.45, 2.75) is 220 Å². The van der Waals surface area contributed by atoms with Crippen molar-refractivity contribution in [1.29, 1.82) is 0 Å². The highest BCUT2D eigenvalue weighted by atomic mass is 16.7. The zero-order chi connectivity index (χ0) is 39.0. The molecule has 0 spiro atoms. The van der Waals surface area contributed by atoms with Crippen molar-refractivity contribution in [3.05, 3.63) is 24.3 Å². The van der Waals surface area contributed by atoms with Crippen LogP contribution >= 0.6 is 0 Å². The number of allylic oxidation sites excluding steroid dienone is 4. The number of rotatable bonds is 39. The second kappa shape index (κ2) is 39.9. The van der Waals surface area contributed by atoms with Crippen molar-refractivity contribution in [2.75, 3.05) is 33.9 Å². The zero-order valence-corrected chi connectivity index (χ0v) is 36.2. The Hall–Kier alpha value is -1.82. The van der Waals surface area contributed by atoms with E-state index < -0.39 is 18.2 Å². The molecule has 0 saturated heterocycles. The highest BCUT2D eigenvalue weighted by molar-refractivity contribution is 5.73. The number of hydrogen-bond donors (Lipinski definition) is 0. The van der Waals surface area contributed by atoms with E-state index in [1.54, 1.807) is 0 Å². The molecule has 0 heterocycles. The van der Waals surface area contributed by atoms with Crippen molar-refractivity contribution < 1.29 is 23.8 Å². The molecule has 0 aliphatic heterocycles. The van der Waals surface area contributed by atoms with Gasteiger partial charge >= 0.3 is 12.1 Å². The lowest BCUT2D eigenvalue weighted by molar-refractivity contribution is -0.153. The third-order valence-electron chi connectivity index (χ3n) is 10.5. The van der Waals surface area contributed by atoms with E-state index in [0.29, 0.717) is 26.1 Å². The molecule has 312 valence electrons. The first kappa shape index (κ1) is 51.2. The summed E-state index contributed by atoms with van der Waals surface area (Å²) >= 11 is 0. The molecule has 0 saturated carbocycles. The number of unbranched alkanes of at least 4 members (excludes halogenated alkanes) is 17. The van der Waals surface area contributed by atoms with Crippen molar-refractivity contribution >= 4 is 12.1 Å². The van der Waals surface area contributed by atoms with E-state index in [9.17, 15) is 9.59 Å². The van der Waals surface area contributed by atoms with Crippen LogP contribution in [0.2, 0.25) is 0 Å². The molecule has 0 N–H and O–H groups in total. The van der Waals surface area contributed by atoms with Crippen LogP contribution in [0.1, 0.15) is 214 Å². The normalized spacial score (nSPS) is 13.1. The first-order valence-corrected chi connectivity index (χ1v) is 22.8. The third-order valence-corrected chi connectivity index (χ3v) is 10.5. The molecule has 2 atom stereocenters. The molecule has 0 aliphatic rings. The van der Waals surface area contributed by atoms with Crippen LogP contribution in [-0.4, -0.2) is 57.0 Å². The monoisotopic (exact) mass is 748 g/mol. The molecule has 2 unspecified atom stereocenters. The van der Waals surface area contributed by atoms with Gasteiger partial charge in [0.15, 0.2) is 0 Å². The molecule has 0 rings (SSSR count). The lowest BCUT2D eigenvalue weighted by Crippen LogP contribution is -2.34. The summed E-state index contributed by atoms with van der Waals surface area (Å²) in [5.41, 5.74) is 0. The topological polar surface area (TPSA) is 65.1 Å². The van der Waals surface area contributed by atoms with Gasteiger partial charge in [0.05, 0.1) is 19.1 Å². The van der Waals surface area contributed by atoms with Crippen LogP contribution in [0.5, 0.6) is 0 Å². The average molecular weight is 748 g/mol. The average Bonchev–Trinajstić information content (AvgIpc) is 3.14. The molecule has 0 bridgehead atoms. The Kier molecular flexibility index (Phi) is 38.5. The third kappa shape index (κ3) is 34.4. The summed E-state index contributed by atoms with van der Waals surface area (Å²) in [6, 6.07) is 0. The summed E-state index contributed by atoms with van der Waals surface area (Å²) in [4.78, 5) is 28.3. The van der Waals surface area contributed by atoms with Crippen LogP contribution < -0.4 is 0 Å². The molecule has 6 heteroatoms. The Balaban J connectivity index is 5.24. The Morgan fingerprint density at radius 2 is 1.00 bits per heavy atom. The van der Waals surface area contributed by atoms with Gasteiger partial charge in [0.25, 0.3) is 0 Å². The lowest BCUT2D eigenvalue weighted by atomic mass is 9.87. The fourth-order valence-electron chi connectivity index (χ4n) is 7.20. The number of carbonyl (C=O) groups excluding carboxylic acids is 2. The Labute approximate surface area is 330 Å². The summed E-state index contributed by atoms with van der Waals surface area (Å²) in [5, 5.41) is 0. The van der Waals surface area contributed by atoms with E-state index in [2.05, 4.69) is 50.0 Å². The van der Waals surface area contributed by atoms with Crippen molar-refractivity contribution in [3.63, 3.8) is 0 Å². The number of nitrogens with zero attached hydrogens (tertiary/aromatic N) is 1. The van der Waals surface area contributed by atoms with E-state index in [4.69, 9.17) is 14.2 Å². The molecule has 0 aromatic rings. The van der Waals surface area contributed by atoms with Crippen LogP contribution in [0.4, 0.5) is 4.79 Å². The maximum atomic E-state index is 13.4. The Morgan fingerprint density at radius 3 is 1.57 bits per heavy atom. The number of esters is 1. The maximum Gasteiger partial charge on any atom is 0.508 e. The minimum Gasteiger partial charge on any atom is -0.466 e. The fourth-order valence-corrected chi connectivity index (χ4v) is 7.20. The fraction of sp³-hybridized carbons (Fsp3) is 0.872.